The fourth-order valence-electron chi connectivity index (χ4n) is 4.41. The minimum absolute atomic E-state index is 0.730. The fraction of sp³-hybridized carbons (Fsp3) is 0.889. The van der Waals surface area contributed by atoms with Gasteiger partial charge in [-0.2, -0.15) is 0 Å². The average Bonchev–Trinajstić information content (AvgIpc) is 3.54. The fourth-order valence-corrected chi connectivity index (χ4v) is 4.41. The summed E-state index contributed by atoms with van der Waals surface area (Å²) in [6.07, 6.45) is 19.3. The van der Waals surface area contributed by atoms with Crippen LogP contribution < -0.4 is 0 Å². The van der Waals surface area contributed by atoms with Crippen molar-refractivity contribution in [2.24, 2.45) is 35.5 Å². The highest BCUT2D eigenvalue weighted by molar-refractivity contribution is 4.93. The Morgan fingerprint density at radius 3 is 1.26 bits per heavy atom. The minimum Gasteiger partial charge on any atom is -0.252 e. The third-order valence-electron chi connectivity index (χ3n) is 7.28. The molecule has 0 radical (unpaired) electrons. The van der Waals surface area contributed by atoms with Crippen LogP contribution in [0.1, 0.15) is 159 Å². The van der Waals surface area contributed by atoms with Crippen molar-refractivity contribution in [3.05, 3.63) is 23.8 Å². The summed E-state index contributed by atoms with van der Waals surface area (Å²) < 4.78 is 3.96. The molecule has 6 heteroatoms. The summed E-state index contributed by atoms with van der Waals surface area (Å²) in [5.74, 6) is 4.83. The van der Waals surface area contributed by atoms with Crippen molar-refractivity contribution in [1.29, 1.82) is 0 Å². The molecule has 0 aliphatic heterocycles. The molecule has 0 saturated heterocycles. The lowest BCUT2D eigenvalue weighted by Crippen LogP contribution is -2.01. The van der Waals surface area contributed by atoms with Gasteiger partial charge in [0.2, 0.25) is 0 Å². The third-order valence-corrected chi connectivity index (χ3v) is 7.28. The third kappa shape index (κ3) is 25.9. The second kappa shape index (κ2) is 24.7. The van der Waals surface area contributed by atoms with Crippen LogP contribution >= 0.6 is 0 Å². The number of aryl methyl sites for hydroxylation is 4. The van der Waals surface area contributed by atoms with Gasteiger partial charge in [-0.25, -0.2) is 0 Å². The van der Waals surface area contributed by atoms with Crippen LogP contribution in [-0.4, -0.2) is 30.0 Å². The van der Waals surface area contributed by atoms with E-state index in [2.05, 4.69) is 116 Å². The Bertz CT molecular complexity index is 776. The molecule has 0 aromatic carbocycles. The molecule has 0 N–H and O–H groups in total. The molecule has 0 fully saturated rings. The number of hydrogen-bond acceptors (Lipinski definition) is 4. The molecule has 0 aliphatic rings. The Hall–Kier alpha value is -1.72. The van der Waals surface area contributed by atoms with E-state index in [1.807, 2.05) is 9.36 Å². The summed E-state index contributed by atoms with van der Waals surface area (Å²) in [5, 5.41) is 16.7. The van der Waals surface area contributed by atoms with Crippen molar-refractivity contribution >= 4 is 0 Å². The molecule has 0 amide bonds. The lowest BCUT2D eigenvalue weighted by Gasteiger charge is -2.05. The Balaban J connectivity index is 0.000000620. The predicted octanol–water partition coefficient (Wildman–Crippen LogP) is 10.5. The predicted molar refractivity (Wildman–Crippen MR) is 183 cm³/mol. The Morgan fingerprint density at radius 2 is 0.810 bits per heavy atom. The van der Waals surface area contributed by atoms with E-state index < -0.39 is 0 Å². The van der Waals surface area contributed by atoms with Crippen LogP contribution in [0.4, 0.5) is 0 Å². The van der Waals surface area contributed by atoms with Crippen LogP contribution in [0.25, 0.3) is 0 Å². The molecule has 6 nitrogen and oxygen atoms in total. The van der Waals surface area contributed by atoms with Gasteiger partial charge in [0.05, 0.1) is 11.4 Å². The highest BCUT2D eigenvalue weighted by atomic mass is 15.4. The second-order valence-corrected chi connectivity index (χ2v) is 15.0. The highest BCUT2D eigenvalue weighted by Gasteiger charge is 2.04. The molecule has 0 saturated carbocycles. The van der Waals surface area contributed by atoms with Crippen molar-refractivity contribution in [1.82, 2.24) is 30.0 Å². The average molecular weight is 589 g/mol. The van der Waals surface area contributed by atoms with E-state index in [4.69, 9.17) is 0 Å². The zero-order valence-corrected chi connectivity index (χ0v) is 30.2. The van der Waals surface area contributed by atoms with Gasteiger partial charge in [-0.05, 0) is 80.5 Å². The quantitative estimate of drug-likeness (QED) is 0.153. The normalized spacial score (nSPS) is 11.6. The van der Waals surface area contributed by atoms with Crippen LogP contribution in [0.5, 0.6) is 0 Å². The maximum atomic E-state index is 4.20. The maximum absolute atomic E-state index is 4.20. The SMILES string of the molecule is CC(C)CCCCC(C)C.CC(C)CCCc1cn(CCC(C)C)nn1.CC(C)CCCn1cc(CCC(C)C)nn1. The van der Waals surface area contributed by atoms with Crippen LogP contribution in [0.3, 0.4) is 0 Å². The first-order valence-electron chi connectivity index (χ1n) is 17.6. The van der Waals surface area contributed by atoms with Crippen molar-refractivity contribution in [3.63, 3.8) is 0 Å². The van der Waals surface area contributed by atoms with Crippen molar-refractivity contribution in [3.8, 4) is 0 Å². The van der Waals surface area contributed by atoms with Crippen LogP contribution in [0.15, 0.2) is 12.4 Å². The minimum atomic E-state index is 0.730. The molecule has 0 spiro atoms. The van der Waals surface area contributed by atoms with Crippen LogP contribution in [0, 0.1) is 35.5 Å². The van der Waals surface area contributed by atoms with Crippen molar-refractivity contribution in [2.45, 2.75) is 173 Å². The van der Waals surface area contributed by atoms with Gasteiger partial charge in [0.25, 0.3) is 0 Å². The first-order chi connectivity index (χ1) is 19.8. The largest absolute Gasteiger partial charge is 0.252 e. The van der Waals surface area contributed by atoms with Gasteiger partial charge in [0, 0.05) is 25.5 Å². The van der Waals surface area contributed by atoms with Gasteiger partial charge in [-0.3, -0.25) is 9.36 Å². The lowest BCUT2D eigenvalue weighted by molar-refractivity contribution is 0.478. The van der Waals surface area contributed by atoms with Crippen LogP contribution in [-0.2, 0) is 25.9 Å². The van der Waals surface area contributed by atoms with E-state index in [0.717, 1.165) is 72.8 Å². The molecular formula is C36H72N6. The van der Waals surface area contributed by atoms with E-state index in [1.54, 1.807) is 0 Å². The number of unbranched alkanes of at least 4 members (excludes halogenated alkanes) is 1. The Kier molecular flexibility index (Phi) is 23.7. The first-order valence-corrected chi connectivity index (χ1v) is 17.6. The molecule has 0 aliphatic carbocycles. The summed E-state index contributed by atoms with van der Waals surface area (Å²) in [6.45, 7) is 29.2. The number of nitrogens with zero attached hydrogens (tertiary/aromatic N) is 6. The van der Waals surface area contributed by atoms with E-state index in [0.29, 0.717) is 0 Å². The topological polar surface area (TPSA) is 61.4 Å². The molecule has 2 aromatic rings. The highest BCUT2D eigenvalue weighted by Crippen LogP contribution is 2.12. The van der Waals surface area contributed by atoms with Crippen molar-refractivity contribution < 1.29 is 0 Å². The Morgan fingerprint density at radius 1 is 0.429 bits per heavy atom. The molecular weight excluding hydrogens is 516 g/mol. The summed E-state index contributed by atoms with van der Waals surface area (Å²) in [4.78, 5) is 0. The van der Waals surface area contributed by atoms with Gasteiger partial charge < -0.3 is 0 Å². The second-order valence-electron chi connectivity index (χ2n) is 15.0. The monoisotopic (exact) mass is 589 g/mol. The molecule has 0 unspecified atom stereocenters. The smallest absolute Gasteiger partial charge is 0.0827 e. The maximum Gasteiger partial charge on any atom is 0.0827 e. The zero-order valence-electron chi connectivity index (χ0n) is 30.2. The molecule has 2 heterocycles. The standard InChI is InChI=1S/2C13H25N3.C10H22/c1-11(2)6-5-9-16-10-13(14-15-16)8-7-12(3)4;1-11(2)6-5-7-13-10-16(15-14-13)9-8-12(3)4;1-9(2)7-5-6-8-10(3)4/h2*10-12H,5-9H2,1-4H3;9-10H,5-8H2,1-4H3. The van der Waals surface area contributed by atoms with Gasteiger partial charge in [-0.1, -0.05) is 126 Å². The number of aromatic nitrogens is 6. The van der Waals surface area contributed by atoms with Gasteiger partial charge >= 0.3 is 0 Å². The molecule has 42 heavy (non-hydrogen) atoms. The molecule has 0 atom stereocenters. The van der Waals surface area contributed by atoms with Gasteiger partial charge in [0.1, 0.15) is 0 Å². The number of rotatable bonds is 19. The molecule has 246 valence electrons. The van der Waals surface area contributed by atoms with E-state index in [-0.39, 0.29) is 0 Å². The van der Waals surface area contributed by atoms with E-state index >= 15 is 0 Å². The lowest BCUT2D eigenvalue weighted by atomic mass is 10.0. The van der Waals surface area contributed by atoms with E-state index in [9.17, 15) is 0 Å². The Labute approximate surface area is 262 Å². The summed E-state index contributed by atoms with van der Waals surface area (Å²) in [6, 6.07) is 0. The van der Waals surface area contributed by atoms with Gasteiger partial charge in [-0.15, -0.1) is 10.2 Å². The summed E-state index contributed by atoms with van der Waals surface area (Å²) in [5.41, 5.74) is 2.28. The van der Waals surface area contributed by atoms with Gasteiger partial charge in [0.15, 0.2) is 0 Å². The molecule has 0 bridgehead atoms. The molecule has 2 aromatic heterocycles. The van der Waals surface area contributed by atoms with Crippen molar-refractivity contribution in [2.75, 3.05) is 0 Å². The van der Waals surface area contributed by atoms with E-state index in [1.165, 1.54) is 64.2 Å². The molecule has 2 rings (SSSR count). The first kappa shape index (κ1) is 40.3. The summed E-state index contributed by atoms with van der Waals surface area (Å²) >= 11 is 0. The van der Waals surface area contributed by atoms with Crippen LogP contribution in [0.2, 0.25) is 0 Å². The number of hydrogen-bond donors (Lipinski definition) is 0. The zero-order chi connectivity index (χ0) is 31.9. The summed E-state index contributed by atoms with van der Waals surface area (Å²) in [7, 11) is 0.